The predicted molar refractivity (Wildman–Crippen MR) is 29.4 cm³/mol. The molecule has 0 heterocycles. The molecule has 8 N–H and O–H groups in total. The fraction of sp³-hybridized carbons (Fsp3) is 0. The van der Waals surface area contributed by atoms with Gasteiger partial charge in [0.15, 0.2) is 0 Å². The van der Waals surface area contributed by atoms with Gasteiger partial charge in [0.2, 0.25) is 0 Å². The van der Waals surface area contributed by atoms with Crippen molar-refractivity contribution in [2.45, 2.75) is 0 Å². The number of hydrogen-bond donors (Lipinski definition) is 3. The van der Waals surface area contributed by atoms with Crippen LogP contribution in [0.2, 0.25) is 0 Å². The molecule has 1 radical (unpaired) electrons. The summed E-state index contributed by atoms with van der Waals surface area (Å²) in [6.45, 7) is 0. The SMILES string of the molecule is NC(N)=[NH2+].O.O=S(=O)([O-])[O-].[Mn]. The Labute approximate surface area is 73.8 Å². The zero-order valence-electron chi connectivity index (χ0n) is 5.15. The van der Waals surface area contributed by atoms with E-state index in [-0.39, 0.29) is 28.5 Å². The summed E-state index contributed by atoms with van der Waals surface area (Å²) < 4.78 is 34.1. The van der Waals surface area contributed by atoms with E-state index in [0.717, 1.165) is 0 Å². The van der Waals surface area contributed by atoms with Crippen molar-refractivity contribution in [3.05, 3.63) is 0 Å². The number of nitrogens with two attached hydrogens (primary N) is 3. The van der Waals surface area contributed by atoms with E-state index >= 15 is 0 Å². The Hall–Kier alpha value is -0.381. The second kappa shape index (κ2) is 9.62. The van der Waals surface area contributed by atoms with Crippen LogP contribution < -0.4 is 16.9 Å². The largest absolute Gasteiger partial charge is 0.759 e. The third kappa shape index (κ3) is 3860. The molecule has 0 bridgehead atoms. The Morgan fingerprint density at radius 3 is 1.27 bits per heavy atom. The number of rotatable bonds is 0. The topological polar surface area (TPSA) is 189 Å². The molecule has 0 atom stereocenters. The molecule has 0 saturated carbocycles. The Morgan fingerprint density at radius 1 is 1.27 bits per heavy atom. The summed E-state index contributed by atoms with van der Waals surface area (Å²) in [5.74, 6) is -0.0833. The first-order chi connectivity index (χ1) is 3.73. The second-order valence-electron chi connectivity index (χ2n) is 0.908. The molecule has 0 rings (SSSR count). The van der Waals surface area contributed by atoms with Crippen LogP contribution >= 0.6 is 0 Å². The van der Waals surface area contributed by atoms with Crippen LogP contribution in [-0.4, -0.2) is 29.0 Å². The summed E-state index contributed by atoms with van der Waals surface area (Å²) in [6.07, 6.45) is 0. The summed E-state index contributed by atoms with van der Waals surface area (Å²) in [6, 6.07) is 0. The van der Waals surface area contributed by atoms with Crippen LogP contribution in [0.15, 0.2) is 0 Å². The van der Waals surface area contributed by atoms with Gasteiger partial charge in [-0.15, -0.1) is 0 Å². The van der Waals surface area contributed by atoms with Crippen LogP contribution in [0.4, 0.5) is 0 Å². The molecule has 0 aromatic heterocycles. The van der Waals surface area contributed by atoms with Crippen LogP contribution in [0.1, 0.15) is 0 Å². The average Bonchev–Trinajstić information content (AvgIpc) is 1.19. The molecule has 11 heavy (non-hydrogen) atoms. The Bertz CT molecular complexity index is 164. The van der Waals surface area contributed by atoms with Crippen molar-refractivity contribution < 1.29 is 45.5 Å². The van der Waals surface area contributed by atoms with Crippen molar-refractivity contribution in [2.75, 3.05) is 0 Å². The predicted octanol–water partition coefficient (Wildman–Crippen LogP) is -5.15. The molecule has 8 nitrogen and oxygen atoms in total. The van der Waals surface area contributed by atoms with E-state index in [9.17, 15) is 0 Å². The van der Waals surface area contributed by atoms with Gasteiger partial charge in [0, 0.05) is 27.5 Å². The summed E-state index contributed by atoms with van der Waals surface area (Å²) in [5, 5.41) is 4.58. The second-order valence-corrected chi connectivity index (χ2v) is 1.72. The van der Waals surface area contributed by atoms with Gasteiger partial charge in [0.1, 0.15) is 0 Å². The fourth-order valence-corrected chi connectivity index (χ4v) is 0. The Morgan fingerprint density at radius 2 is 1.27 bits per heavy atom. The third-order valence-corrected chi connectivity index (χ3v) is 0. The third-order valence-electron chi connectivity index (χ3n) is 0. The van der Waals surface area contributed by atoms with Gasteiger partial charge in [-0.2, -0.15) is 0 Å². The van der Waals surface area contributed by atoms with E-state index in [1.165, 1.54) is 0 Å². The number of guanidine groups is 1. The summed E-state index contributed by atoms with van der Waals surface area (Å²) in [4.78, 5) is 0. The molecule has 0 saturated heterocycles. The van der Waals surface area contributed by atoms with Crippen molar-refractivity contribution in [2.24, 2.45) is 11.5 Å². The van der Waals surface area contributed by atoms with Crippen molar-refractivity contribution in [1.29, 1.82) is 0 Å². The molecule has 0 aliphatic rings. The maximum atomic E-state index is 8.52. The molecular formula is CH8MnN3O5S-. The van der Waals surface area contributed by atoms with Gasteiger partial charge in [-0.05, 0) is 0 Å². The van der Waals surface area contributed by atoms with Gasteiger partial charge in [0.25, 0.3) is 0 Å². The average molecular weight is 229 g/mol. The molecule has 0 spiro atoms. The maximum Gasteiger partial charge on any atom is 0.336 e. The van der Waals surface area contributed by atoms with Crippen LogP contribution in [0.5, 0.6) is 0 Å². The van der Waals surface area contributed by atoms with Crippen molar-refractivity contribution in [3.63, 3.8) is 0 Å². The molecule has 0 amide bonds. The fourth-order valence-electron chi connectivity index (χ4n) is 0. The Kier molecular flexibility index (Phi) is 19.6. The minimum absolute atomic E-state index is 0. The zero-order valence-corrected chi connectivity index (χ0v) is 7.15. The molecule has 0 unspecified atom stereocenters. The normalized spacial score (nSPS) is 7.45. The molecule has 0 aliphatic heterocycles. The van der Waals surface area contributed by atoms with Gasteiger partial charge in [0.05, 0.1) is 0 Å². The minimum atomic E-state index is -5.17. The van der Waals surface area contributed by atoms with Crippen LogP contribution in [-0.2, 0) is 27.5 Å². The first-order valence-corrected chi connectivity index (χ1v) is 2.87. The van der Waals surface area contributed by atoms with E-state index in [1.807, 2.05) is 0 Å². The number of hydrogen-bond acceptors (Lipinski definition) is 4. The van der Waals surface area contributed by atoms with Crippen LogP contribution in [0.25, 0.3) is 0 Å². The molecule has 0 fully saturated rings. The van der Waals surface area contributed by atoms with E-state index in [1.54, 1.807) is 0 Å². The smallest absolute Gasteiger partial charge is 0.336 e. The van der Waals surface area contributed by atoms with Crippen molar-refractivity contribution in [3.8, 4) is 0 Å². The first-order valence-electron chi connectivity index (χ1n) is 1.53. The minimum Gasteiger partial charge on any atom is -0.759 e. The molecule has 10 heteroatoms. The van der Waals surface area contributed by atoms with E-state index in [2.05, 4.69) is 16.9 Å². The summed E-state index contributed by atoms with van der Waals surface area (Å²) in [7, 11) is -5.17. The molecule has 0 aliphatic carbocycles. The molecule has 0 aromatic rings. The van der Waals surface area contributed by atoms with Crippen molar-refractivity contribution in [1.82, 2.24) is 0 Å². The van der Waals surface area contributed by atoms with Gasteiger partial charge in [-0.3, -0.25) is 25.3 Å². The summed E-state index contributed by atoms with van der Waals surface area (Å²) in [5.41, 5.74) is 9.17. The van der Waals surface area contributed by atoms with Crippen LogP contribution in [0.3, 0.4) is 0 Å². The Balaban J connectivity index is -0.0000000383. The zero-order chi connectivity index (χ0) is 8.08. The van der Waals surface area contributed by atoms with Gasteiger partial charge >= 0.3 is 5.96 Å². The first kappa shape index (κ1) is 22.4. The summed E-state index contributed by atoms with van der Waals surface area (Å²) >= 11 is 0. The van der Waals surface area contributed by atoms with E-state index in [4.69, 9.17) is 17.5 Å². The van der Waals surface area contributed by atoms with Crippen LogP contribution in [0, 0.1) is 0 Å². The van der Waals surface area contributed by atoms with Crippen molar-refractivity contribution >= 4 is 16.4 Å². The maximum absolute atomic E-state index is 8.52. The van der Waals surface area contributed by atoms with Gasteiger partial charge in [-0.25, -0.2) is 0 Å². The standard InChI is InChI=1S/CH5N3.Mn.H2O4S.H2O/c2-1(3)4;;1-5(2,3)4;/h(H5,2,3,4);;(H2,1,2,3,4);1H2/p-1. The quantitative estimate of drug-likeness (QED) is 0.122. The molecular weight excluding hydrogens is 221 g/mol. The monoisotopic (exact) mass is 229 g/mol. The molecule has 0 aromatic carbocycles. The van der Waals surface area contributed by atoms with Gasteiger partial charge < -0.3 is 14.6 Å². The van der Waals surface area contributed by atoms with E-state index in [0.29, 0.717) is 0 Å². The molecule has 71 valence electrons. The van der Waals surface area contributed by atoms with Gasteiger partial charge in [-0.1, -0.05) is 0 Å². The van der Waals surface area contributed by atoms with E-state index < -0.39 is 10.4 Å².